The summed E-state index contributed by atoms with van der Waals surface area (Å²) in [7, 11) is 0. The SMILES string of the molecule is CCC(C)c1c(F)cc(C#N)cc1F. The molecule has 0 spiro atoms. The molecule has 0 aliphatic carbocycles. The fraction of sp³-hybridized carbons (Fsp3) is 0.364. The van der Waals surface area contributed by atoms with E-state index < -0.39 is 11.6 Å². The zero-order valence-electron chi connectivity index (χ0n) is 8.14. The molecule has 14 heavy (non-hydrogen) atoms. The normalized spacial score (nSPS) is 12.2. The van der Waals surface area contributed by atoms with Crippen LogP contribution in [0.5, 0.6) is 0 Å². The van der Waals surface area contributed by atoms with E-state index in [9.17, 15) is 8.78 Å². The summed E-state index contributed by atoms with van der Waals surface area (Å²) in [6.07, 6.45) is 0.666. The summed E-state index contributed by atoms with van der Waals surface area (Å²) in [4.78, 5) is 0. The van der Waals surface area contributed by atoms with Gasteiger partial charge in [-0.05, 0) is 24.5 Å². The highest BCUT2D eigenvalue weighted by atomic mass is 19.1. The van der Waals surface area contributed by atoms with Gasteiger partial charge in [0.1, 0.15) is 11.6 Å². The molecule has 0 heterocycles. The Morgan fingerprint density at radius 2 is 1.86 bits per heavy atom. The monoisotopic (exact) mass is 195 g/mol. The summed E-state index contributed by atoms with van der Waals surface area (Å²) in [5.74, 6) is -1.42. The molecule has 0 saturated heterocycles. The molecule has 1 nitrogen and oxygen atoms in total. The predicted octanol–water partition coefficient (Wildman–Crippen LogP) is 3.35. The summed E-state index contributed by atoms with van der Waals surface area (Å²) in [5.41, 5.74) is 0.0959. The van der Waals surface area contributed by atoms with Crippen LogP contribution in [0.3, 0.4) is 0 Å². The van der Waals surface area contributed by atoms with Crippen molar-refractivity contribution in [1.29, 1.82) is 5.26 Å². The third-order valence-corrected chi connectivity index (χ3v) is 2.31. The number of hydrogen-bond donors (Lipinski definition) is 0. The first-order chi connectivity index (χ1) is 6.60. The Kier molecular flexibility index (Phi) is 3.19. The molecule has 0 aliphatic heterocycles. The standard InChI is InChI=1S/C11H11F2N/c1-3-7(2)11-9(12)4-8(6-14)5-10(11)13/h4-5,7H,3H2,1-2H3. The molecule has 74 valence electrons. The van der Waals surface area contributed by atoms with Crippen LogP contribution in [0.2, 0.25) is 0 Å². The molecular formula is C11H11F2N. The van der Waals surface area contributed by atoms with Crippen molar-refractivity contribution in [2.24, 2.45) is 0 Å². The van der Waals surface area contributed by atoms with E-state index in [0.717, 1.165) is 12.1 Å². The zero-order chi connectivity index (χ0) is 10.7. The highest BCUT2D eigenvalue weighted by Crippen LogP contribution is 2.25. The Hall–Kier alpha value is -1.43. The largest absolute Gasteiger partial charge is 0.207 e. The molecule has 0 fully saturated rings. The molecule has 0 aliphatic rings. The maximum Gasteiger partial charge on any atom is 0.130 e. The number of nitriles is 1. The van der Waals surface area contributed by atoms with Crippen molar-refractivity contribution in [3.8, 4) is 6.07 Å². The second kappa shape index (κ2) is 4.19. The van der Waals surface area contributed by atoms with Crippen molar-refractivity contribution < 1.29 is 8.78 Å². The molecule has 0 bridgehead atoms. The van der Waals surface area contributed by atoms with Gasteiger partial charge >= 0.3 is 0 Å². The lowest BCUT2D eigenvalue weighted by Crippen LogP contribution is -2.01. The van der Waals surface area contributed by atoms with E-state index in [1.54, 1.807) is 13.0 Å². The van der Waals surface area contributed by atoms with E-state index in [0.29, 0.717) is 6.42 Å². The summed E-state index contributed by atoms with van der Waals surface area (Å²) < 4.78 is 26.7. The molecule has 0 aromatic heterocycles. The lowest BCUT2D eigenvalue weighted by atomic mass is 9.96. The minimum absolute atomic E-state index is 0.0204. The first-order valence-corrected chi connectivity index (χ1v) is 4.49. The molecule has 1 aromatic carbocycles. The van der Waals surface area contributed by atoms with E-state index in [-0.39, 0.29) is 17.0 Å². The van der Waals surface area contributed by atoms with Crippen LogP contribution in [0.15, 0.2) is 12.1 Å². The second-order valence-electron chi connectivity index (χ2n) is 3.27. The molecule has 3 heteroatoms. The van der Waals surface area contributed by atoms with Crippen LogP contribution >= 0.6 is 0 Å². The number of rotatable bonds is 2. The third kappa shape index (κ3) is 1.90. The minimum atomic E-state index is -0.629. The van der Waals surface area contributed by atoms with E-state index >= 15 is 0 Å². The molecule has 0 N–H and O–H groups in total. The molecule has 0 amide bonds. The average Bonchev–Trinajstić information content (AvgIpc) is 2.16. The Morgan fingerprint density at radius 3 is 2.21 bits per heavy atom. The van der Waals surface area contributed by atoms with Crippen molar-refractivity contribution >= 4 is 0 Å². The highest BCUT2D eigenvalue weighted by molar-refractivity contribution is 5.35. The molecule has 1 atom stereocenters. The van der Waals surface area contributed by atoms with Gasteiger partial charge in [-0.2, -0.15) is 5.26 Å². The highest BCUT2D eigenvalue weighted by Gasteiger charge is 2.15. The van der Waals surface area contributed by atoms with Crippen molar-refractivity contribution in [3.63, 3.8) is 0 Å². The van der Waals surface area contributed by atoms with Gasteiger partial charge in [0.05, 0.1) is 11.6 Å². The fourth-order valence-corrected chi connectivity index (χ4v) is 1.32. The van der Waals surface area contributed by atoms with Gasteiger partial charge in [-0.1, -0.05) is 13.8 Å². The van der Waals surface area contributed by atoms with Crippen LogP contribution in [-0.2, 0) is 0 Å². The summed E-state index contributed by atoms with van der Waals surface area (Å²) in [5, 5.41) is 8.49. The van der Waals surface area contributed by atoms with E-state index in [4.69, 9.17) is 5.26 Å². The Labute approximate surface area is 82.0 Å². The molecule has 0 radical (unpaired) electrons. The summed E-state index contributed by atoms with van der Waals surface area (Å²) >= 11 is 0. The van der Waals surface area contributed by atoms with Crippen LogP contribution in [0.25, 0.3) is 0 Å². The van der Waals surface area contributed by atoms with Crippen molar-refractivity contribution in [2.45, 2.75) is 26.2 Å². The summed E-state index contributed by atoms with van der Waals surface area (Å²) in [6.45, 7) is 3.62. The lowest BCUT2D eigenvalue weighted by Gasteiger charge is -2.11. The van der Waals surface area contributed by atoms with Crippen LogP contribution in [0.4, 0.5) is 8.78 Å². The lowest BCUT2D eigenvalue weighted by molar-refractivity contribution is 0.527. The predicted molar refractivity (Wildman–Crippen MR) is 49.8 cm³/mol. The van der Waals surface area contributed by atoms with Gasteiger partial charge in [-0.3, -0.25) is 0 Å². The van der Waals surface area contributed by atoms with Crippen molar-refractivity contribution in [1.82, 2.24) is 0 Å². The van der Waals surface area contributed by atoms with Gasteiger partial charge in [0.15, 0.2) is 0 Å². The molecule has 0 saturated carbocycles. The van der Waals surface area contributed by atoms with Crippen LogP contribution < -0.4 is 0 Å². The van der Waals surface area contributed by atoms with E-state index in [2.05, 4.69) is 0 Å². The van der Waals surface area contributed by atoms with Gasteiger partial charge in [0, 0.05) is 5.56 Å². The second-order valence-corrected chi connectivity index (χ2v) is 3.27. The number of nitrogens with zero attached hydrogens (tertiary/aromatic N) is 1. The van der Waals surface area contributed by atoms with Crippen LogP contribution in [0, 0.1) is 23.0 Å². The van der Waals surface area contributed by atoms with Crippen molar-refractivity contribution in [3.05, 3.63) is 34.9 Å². The number of hydrogen-bond acceptors (Lipinski definition) is 1. The number of benzene rings is 1. The maximum atomic E-state index is 13.3. The number of halogens is 2. The van der Waals surface area contributed by atoms with Gasteiger partial charge in [-0.25, -0.2) is 8.78 Å². The van der Waals surface area contributed by atoms with Gasteiger partial charge < -0.3 is 0 Å². The molecule has 1 aromatic rings. The smallest absolute Gasteiger partial charge is 0.130 e. The Bertz CT molecular complexity index is 356. The first-order valence-electron chi connectivity index (χ1n) is 4.49. The Balaban J connectivity index is 3.26. The first kappa shape index (κ1) is 10.6. The zero-order valence-corrected chi connectivity index (χ0v) is 8.14. The molecular weight excluding hydrogens is 184 g/mol. The van der Waals surface area contributed by atoms with Gasteiger partial charge in [-0.15, -0.1) is 0 Å². The molecule has 1 unspecified atom stereocenters. The van der Waals surface area contributed by atoms with Crippen LogP contribution in [-0.4, -0.2) is 0 Å². The van der Waals surface area contributed by atoms with Gasteiger partial charge in [0.25, 0.3) is 0 Å². The third-order valence-electron chi connectivity index (χ3n) is 2.31. The van der Waals surface area contributed by atoms with Gasteiger partial charge in [0.2, 0.25) is 0 Å². The molecule has 1 rings (SSSR count). The average molecular weight is 195 g/mol. The quantitative estimate of drug-likeness (QED) is 0.709. The van der Waals surface area contributed by atoms with E-state index in [1.165, 1.54) is 0 Å². The van der Waals surface area contributed by atoms with E-state index in [1.807, 2.05) is 6.92 Å². The van der Waals surface area contributed by atoms with Crippen molar-refractivity contribution in [2.75, 3.05) is 0 Å². The minimum Gasteiger partial charge on any atom is -0.207 e. The fourth-order valence-electron chi connectivity index (χ4n) is 1.32. The van der Waals surface area contributed by atoms with Crippen LogP contribution in [0.1, 0.15) is 37.3 Å². The maximum absolute atomic E-state index is 13.3. The summed E-state index contributed by atoms with van der Waals surface area (Å²) in [6, 6.07) is 3.86. The Morgan fingerprint density at radius 1 is 1.36 bits per heavy atom. The topological polar surface area (TPSA) is 23.8 Å².